The van der Waals surface area contributed by atoms with Crippen molar-refractivity contribution in [2.24, 2.45) is 5.92 Å². The van der Waals surface area contributed by atoms with E-state index in [1.807, 2.05) is 18.3 Å². The Kier molecular flexibility index (Phi) is 5.59. The molecule has 1 saturated carbocycles. The normalized spacial score (nSPS) is 20.7. The number of pyridine rings is 1. The Hall–Kier alpha value is -2.21. The van der Waals surface area contributed by atoms with E-state index in [9.17, 15) is 4.79 Å². The molecule has 2 atom stereocenters. The third-order valence-electron chi connectivity index (χ3n) is 4.46. The van der Waals surface area contributed by atoms with Gasteiger partial charge >= 0.3 is 0 Å². The summed E-state index contributed by atoms with van der Waals surface area (Å²) in [6.07, 6.45) is 10.3. The van der Waals surface area contributed by atoms with E-state index in [1.165, 1.54) is 19.3 Å². The van der Waals surface area contributed by atoms with Gasteiger partial charge < -0.3 is 10.1 Å². The van der Waals surface area contributed by atoms with Crippen LogP contribution in [-0.4, -0.2) is 33.4 Å². The van der Waals surface area contributed by atoms with Gasteiger partial charge in [-0.2, -0.15) is 5.10 Å². The van der Waals surface area contributed by atoms with Gasteiger partial charge in [-0.1, -0.05) is 19.8 Å². The number of hydrogen-bond donors (Lipinski definition) is 1. The van der Waals surface area contributed by atoms with Crippen LogP contribution in [0.4, 0.5) is 5.82 Å². The van der Waals surface area contributed by atoms with Gasteiger partial charge in [0, 0.05) is 24.7 Å². The van der Waals surface area contributed by atoms with Gasteiger partial charge in [-0.05, 0) is 36.5 Å². The Bertz CT molecular complexity index is 656. The topological polar surface area (TPSA) is 69.0 Å². The van der Waals surface area contributed by atoms with Gasteiger partial charge in [0.25, 0.3) is 5.91 Å². The first-order valence-corrected chi connectivity index (χ1v) is 8.54. The minimum atomic E-state index is -0.151. The quantitative estimate of drug-likeness (QED) is 0.885. The highest BCUT2D eigenvalue weighted by molar-refractivity contribution is 5.90. The van der Waals surface area contributed by atoms with Crippen LogP contribution >= 0.6 is 0 Å². The van der Waals surface area contributed by atoms with Crippen LogP contribution in [0.3, 0.4) is 0 Å². The lowest BCUT2D eigenvalue weighted by Gasteiger charge is -2.28. The Balaban J connectivity index is 1.46. The average Bonchev–Trinajstić information content (AvgIpc) is 3.02. The summed E-state index contributed by atoms with van der Waals surface area (Å²) in [7, 11) is 0. The van der Waals surface area contributed by atoms with Gasteiger partial charge in [0.05, 0.1) is 12.6 Å². The van der Waals surface area contributed by atoms with Crippen LogP contribution in [0.1, 0.15) is 38.2 Å². The van der Waals surface area contributed by atoms with Gasteiger partial charge in [-0.25, -0.2) is 0 Å². The predicted octanol–water partition coefficient (Wildman–Crippen LogP) is 2.86. The van der Waals surface area contributed by atoms with Crippen LogP contribution in [0.2, 0.25) is 0 Å². The number of rotatable bonds is 6. The van der Waals surface area contributed by atoms with Crippen molar-refractivity contribution in [1.29, 1.82) is 0 Å². The fraction of sp³-hybridized carbons (Fsp3) is 0.500. The number of anilines is 1. The maximum Gasteiger partial charge on any atom is 0.251 e. The van der Waals surface area contributed by atoms with Crippen molar-refractivity contribution < 1.29 is 9.53 Å². The van der Waals surface area contributed by atoms with E-state index in [-0.39, 0.29) is 18.6 Å². The molecule has 0 aliphatic heterocycles. The van der Waals surface area contributed by atoms with Gasteiger partial charge in [-0.3, -0.25) is 14.5 Å². The third kappa shape index (κ3) is 4.64. The number of nitrogens with zero attached hydrogens (tertiary/aromatic N) is 3. The number of aromatic nitrogens is 3. The monoisotopic (exact) mass is 328 g/mol. The number of hydrogen-bond acceptors (Lipinski definition) is 4. The Morgan fingerprint density at radius 1 is 1.29 bits per heavy atom. The number of carbonyl (C=O) groups is 1. The van der Waals surface area contributed by atoms with Crippen LogP contribution in [0.25, 0.3) is 0 Å². The molecule has 6 nitrogen and oxygen atoms in total. The summed E-state index contributed by atoms with van der Waals surface area (Å²) < 4.78 is 7.56. The highest BCUT2D eigenvalue weighted by atomic mass is 16.5. The van der Waals surface area contributed by atoms with Crippen molar-refractivity contribution in [2.45, 2.75) is 45.3 Å². The van der Waals surface area contributed by atoms with Crippen molar-refractivity contribution in [3.05, 3.63) is 42.4 Å². The lowest BCUT2D eigenvalue weighted by molar-refractivity contribution is -0.124. The van der Waals surface area contributed by atoms with Crippen LogP contribution in [0, 0.1) is 5.92 Å². The van der Waals surface area contributed by atoms with Crippen molar-refractivity contribution in [1.82, 2.24) is 14.8 Å². The van der Waals surface area contributed by atoms with E-state index in [0.29, 0.717) is 18.3 Å². The van der Waals surface area contributed by atoms with E-state index >= 15 is 0 Å². The summed E-state index contributed by atoms with van der Waals surface area (Å²) in [6.45, 7) is 2.93. The molecule has 3 rings (SSSR count). The van der Waals surface area contributed by atoms with Gasteiger partial charge in [0.2, 0.25) is 0 Å². The molecule has 0 unspecified atom stereocenters. The molecule has 2 aromatic rings. The zero-order valence-electron chi connectivity index (χ0n) is 14.0. The van der Waals surface area contributed by atoms with E-state index in [0.717, 1.165) is 12.0 Å². The van der Waals surface area contributed by atoms with Gasteiger partial charge in [-0.15, -0.1) is 0 Å². The standard InChI is InChI=1S/C18H24N4O2/c1-14-4-2-3-5-16(14)24-13-18(23)20-17-8-11-22(21-17)12-15-6-9-19-10-7-15/h6-11,14,16H,2-5,12-13H2,1H3,(H,20,21,23)/t14-,16-/m0/s1. The fourth-order valence-corrected chi connectivity index (χ4v) is 3.08. The largest absolute Gasteiger partial charge is 0.368 e. The predicted molar refractivity (Wildman–Crippen MR) is 91.6 cm³/mol. The van der Waals surface area contributed by atoms with Crippen LogP contribution in [0.5, 0.6) is 0 Å². The Labute approximate surface area is 142 Å². The number of carbonyl (C=O) groups excluding carboxylic acids is 1. The zero-order valence-corrected chi connectivity index (χ0v) is 14.0. The summed E-state index contributed by atoms with van der Waals surface area (Å²) in [5, 5.41) is 7.16. The molecule has 1 amide bonds. The minimum absolute atomic E-state index is 0.0895. The van der Waals surface area contributed by atoms with E-state index in [2.05, 4.69) is 22.3 Å². The first-order valence-electron chi connectivity index (χ1n) is 8.54. The maximum atomic E-state index is 12.0. The zero-order chi connectivity index (χ0) is 16.8. The third-order valence-corrected chi connectivity index (χ3v) is 4.46. The summed E-state index contributed by atoms with van der Waals surface area (Å²) in [5.74, 6) is 0.933. The number of nitrogens with one attached hydrogen (secondary N) is 1. The molecule has 2 aromatic heterocycles. The molecular formula is C18H24N4O2. The Morgan fingerprint density at radius 3 is 2.88 bits per heavy atom. The molecule has 0 bridgehead atoms. The second-order valence-corrected chi connectivity index (χ2v) is 6.41. The van der Waals surface area contributed by atoms with E-state index in [1.54, 1.807) is 23.1 Å². The molecule has 1 fully saturated rings. The summed E-state index contributed by atoms with van der Waals surface area (Å²) in [6, 6.07) is 5.68. The van der Waals surface area contributed by atoms with Crippen LogP contribution in [-0.2, 0) is 16.1 Å². The van der Waals surface area contributed by atoms with Crippen molar-refractivity contribution in [3.8, 4) is 0 Å². The molecular weight excluding hydrogens is 304 g/mol. The molecule has 1 aliphatic rings. The maximum absolute atomic E-state index is 12.0. The molecule has 0 spiro atoms. The van der Waals surface area contributed by atoms with Gasteiger partial charge in [0.15, 0.2) is 5.82 Å². The summed E-state index contributed by atoms with van der Waals surface area (Å²) in [5.41, 5.74) is 1.11. The molecule has 128 valence electrons. The van der Waals surface area contributed by atoms with Crippen LogP contribution in [0.15, 0.2) is 36.8 Å². The minimum Gasteiger partial charge on any atom is -0.368 e. The molecule has 0 radical (unpaired) electrons. The molecule has 6 heteroatoms. The molecule has 24 heavy (non-hydrogen) atoms. The Morgan fingerprint density at radius 2 is 2.08 bits per heavy atom. The molecule has 1 aliphatic carbocycles. The second-order valence-electron chi connectivity index (χ2n) is 6.41. The lowest BCUT2D eigenvalue weighted by Crippen LogP contribution is -2.29. The van der Waals surface area contributed by atoms with Crippen molar-refractivity contribution in [2.75, 3.05) is 11.9 Å². The summed E-state index contributed by atoms with van der Waals surface area (Å²) in [4.78, 5) is 16.0. The highest BCUT2D eigenvalue weighted by Crippen LogP contribution is 2.26. The lowest BCUT2D eigenvalue weighted by atomic mass is 9.88. The second kappa shape index (κ2) is 8.06. The highest BCUT2D eigenvalue weighted by Gasteiger charge is 2.22. The first-order chi connectivity index (χ1) is 11.7. The molecule has 2 heterocycles. The van der Waals surface area contributed by atoms with Gasteiger partial charge in [0.1, 0.15) is 6.61 Å². The van der Waals surface area contributed by atoms with E-state index in [4.69, 9.17) is 4.74 Å². The molecule has 0 aromatic carbocycles. The molecule has 0 saturated heterocycles. The molecule has 1 N–H and O–H groups in total. The van der Waals surface area contributed by atoms with Crippen molar-refractivity contribution in [3.63, 3.8) is 0 Å². The SMILES string of the molecule is C[C@H]1CCCC[C@@H]1OCC(=O)Nc1ccn(Cc2ccncc2)n1. The fourth-order valence-electron chi connectivity index (χ4n) is 3.08. The van der Waals surface area contributed by atoms with E-state index < -0.39 is 0 Å². The average molecular weight is 328 g/mol. The first kappa shape index (κ1) is 16.6. The number of amides is 1. The summed E-state index contributed by atoms with van der Waals surface area (Å²) >= 11 is 0. The van der Waals surface area contributed by atoms with Crippen LogP contribution < -0.4 is 5.32 Å². The number of ether oxygens (including phenoxy) is 1. The smallest absolute Gasteiger partial charge is 0.251 e. The van der Waals surface area contributed by atoms with Crippen molar-refractivity contribution >= 4 is 11.7 Å².